The van der Waals surface area contributed by atoms with Crippen LogP contribution in [0, 0.1) is 21.7 Å². The summed E-state index contributed by atoms with van der Waals surface area (Å²) in [7, 11) is 24.5. The van der Waals surface area contributed by atoms with Crippen molar-refractivity contribution in [1.29, 1.82) is 0 Å². The zero-order valence-corrected chi connectivity index (χ0v) is 55.9. The van der Waals surface area contributed by atoms with Crippen LogP contribution >= 0.6 is 94.4 Å². The normalized spacial score (nSPS) is 24.1. The van der Waals surface area contributed by atoms with Crippen LogP contribution in [-0.2, 0) is 63.7 Å². The van der Waals surface area contributed by atoms with Crippen molar-refractivity contribution in [3.8, 4) is 0 Å². The second kappa shape index (κ2) is 42.8. The molecule has 8 saturated heterocycles. The fraction of sp³-hybridized carbons (Fsp3) is 1.00. The molecule has 0 aromatic rings. The molecule has 424 valence electrons. The fourth-order valence-corrected chi connectivity index (χ4v) is 15.2. The van der Waals surface area contributed by atoms with Crippen LogP contribution in [0.4, 0.5) is 0 Å². The molecule has 26 heteroatoms. The number of halogens is 6. The molecule has 0 bridgehead atoms. The van der Waals surface area contributed by atoms with E-state index in [2.05, 4.69) is 106 Å². The SMILES string of the molecule is C1CCOC1.C1CC[OH+]C1.C1CC[OH+]C1.C1CC[OH+]C1.CC.CC(C)N(P1OCC(C)(C)CO1)P1OCC(C)(C)CO1.CC(C)N([PH+]1OCC(C)(C)CO1)[PH+]1OCC(C)(C)CO1.[Cl][Cr]([Cl])[Cl].[Cl][Cr]([Cl])[Cl]. The van der Waals surface area contributed by atoms with Crippen LogP contribution in [-0.4, -0.2) is 141 Å². The molecule has 0 aromatic carbocycles. The van der Waals surface area contributed by atoms with Gasteiger partial charge in [0.05, 0.1) is 32.5 Å². The zero-order chi connectivity index (χ0) is 53.2. The predicted octanol–water partition coefficient (Wildman–Crippen LogP) is 14.9. The molecule has 0 atom stereocenters. The summed E-state index contributed by atoms with van der Waals surface area (Å²) >= 11 is -3.25. The van der Waals surface area contributed by atoms with Gasteiger partial charge >= 0.3 is 100 Å². The van der Waals surface area contributed by atoms with Gasteiger partial charge in [-0.25, -0.2) is 0 Å². The maximum atomic E-state index is 5.99. The second-order valence-corrected chi connectivity index (χ2v) is 40.0. The van der Waals surface area contributed by atoms with E-state index in [-0.39, 0.29) is 27.7 Å². The van der Waals surface area contributed by atoms with E-state index < -0.39 is 56.9 Å². The van der Waals surface area contributed by atoms with Crippen LogP contribution in [0.3, 0.4) is 0 Å². The first-order valence-corrected chi connectivity index (χ1v) is 40.1. The van der Waals surface area contributed by atoms with Gasteiger partial charge in [-0.1, -0.05) is 69.2 Å². The van der Waals surface area contributed by atoms with Crippen molar-refractivity contribution in [2.45, 2.75) is 160 Å². The molecule has 8 aliphatic heterocycles. The Bertz CT molecular complexity index is 1000. The van der Waals surface area contributed by atoms with Crippen LogP contribution in [0.2, 0.25) is 0 Å². The molecular formula is C44H97Cl6Cr2N2O12P4+5. The Hall–Kier alpha value is 3.96. The van der Waals surface area contributed by atoms with E-state index in [4.69, 9.17) is 101 Å². The van der Waals surface area contributed by atoms with Gasteiger partial charge < -0.3 is 37.0 Å². The van der Waals surface area contributed by atoms with Gasteiger partial charge in [0.25, 0.3) is 17.1 Å². The third-order valence-electron chi connectivity index (χ3n) is 9.79. The van der Waals surface area contributed by atoms with E-state index >= 15 is 0 Å². The van der Waals surface area contributed by atoms with Gasteiger partial charge in [-0.2, -0.15) is 22.5 Å². The first kappa shape index (κ1) is 74.0. The molecule has 8 aliphatic rings. The zero-order valence-electron chi connectivity index (χ0n) is 45.0. The van der Waals surface area contributed by atoms with E-state index in [9.17, 15) is 0 Å². The van der Waals surface area contributed by atoms with Crippen molar-refractivity contribution in [3.05, 3.63) is 0 Å². The first-order chi connectivity index (χ1) is 32.9. The number of ether oxygens (including phenoxy) is 4. The summed E-state index contributed by atoms with van der Waals surface area (Å²) in [6.07, 6.45) is 10.6. The average molecular weight is 1290 g/mol. The Morgan fingerprint density at radius 3 is 0.843 bits per heavy atom. The monoisotopic (exact) mass is 1280 g/mol. The molecule has 8 heterocycles. The van der Waals surface area contributed by atoms with Crippen LogP contribution in [0.5, 0.6) is 0 Å². The molecule has 0 unspecified atom stereocenters. The molecule has 0 radical (unpaired) electrons. The van der Waals surface area contributed by atoms with Gasteiger partial charge in [0.1, 0.15) is 66.1 Å². The number of aliphatic hydroxyl groups is 6. The third-order valence-corrected chi connectivity index (χ3v) is 18.1. The molecule has 0 aromatic heterocycles. The molecule has 0 aliphatic carbocycles. The summed E-state index contributed by atoms with van der Waals surface area (Å²) in [4.78, 5) is 0. The Labute approximate surface area is 465 Å². The Morgan fingerprint density at radius 1 is 0.429 bits per heavy atom. The Balaban J connectivity index is 0.000000865. The van der Waals surface area contributed by atoms with E-state index in [0.717, 1.165) is 106 Å². The number of rotatable bonds is 6. The van der Waals surface area contributed by atoms with Gasteiger partial charge in [-0.05, 0) is 40.5 Å². The van der Waals surface area contributed by atoms with Crippen molar-refractivity contribution < 1.29 is 77.9 Å². The second-order valence-electron chi connectivity index (χ2n) is 20.6. The summed E-state index contributed by atoms with van der Waals surface area (Å²) in [5.41, 5.74) is 0.380. The van der Waals surface area contributed by atoms with Crippen molar-refractivity contribution in [1.82, 2.24) is 8.88 Å². The van der Waals surface area contributed by atoms with Gasteiger partial charge in [0, 0.05) is 83.9 Å². The maximum absolute atomic E-state index is 5.99. The fourth-order valence-electron chi connectivity index (χ4n) is 5.91. The Kier molecular flexibility index (Phi) is 45.2. The van der Waals surface area contributed by atoms with Crippen LogP contribution in [0.1, 0.15) is 148 Å². The summed E-state index contributed by atoms with van der Waals surface area (Å²) in [5.74, 6) is 0. The van der Waals surface area contributed by atoms with E-state index in [1.54, 1.807) is 0 Å². The van der Waals surface area contributed by atoms with E-state index in [1.165, 1.54) is 51.4 Å². The minimum absolute atomic E-state index is 0.0883. The van der Waals surface area contributed by atoms with Crippen molar-refractivity contribution in [2.75, 3.05) is 106 Å². The summed E-state index contributed by atoms with van der Waals surface area (Å²) in [6, 6.07) is 0.579. The molecule has 8 fully saturated rings. The molecule has 8 rings (SSSR count). The van der Waals surface area contributed by atoms with Crippen LogP contribution in [0.15, 0.2) is 0 Å². The molecule has 3 N–H and O–H groups in total. The van der Waals surface area contributed by atoms with Gasteiger partial charge in [-0.3, -0.25) is 0 Å². The predicted molar refractivity (Wildman–Crippen MR) is 297 cm³/mol. The van der Waals surface area contributed by atoms with Crippen LogP contribution < -0.4 is 0 Å². The van der Waals surface area contributed by atoms with E-state index in [0.29, 0.717) is 6.04 Å². The van der Waals surface area contributed by atoms with Gasteiger partial charge in [0.2, 0.25) is 0 Å². The van der Waals surface area contributed by atoms with Crippen LogP contribution in [0.25, 0.3) is 0 Å². The summed E-state index contributed by atoms with van der Waals surface area (Å²) in [5, 5.41) is 0. The van der Waals surface area contributed by atoms with Gasteiger partial charge in [-0.15, -0.1) is 0 Å². The third kappa shape index (κ3) is 39.4. The molecule has 0 spiro atoms. The first-order valence-electron chi connectivity index (χ1n) is 24.8. The number of hydrogen-bond donors (Lipinski definition) is 0. The molecule has 0 saturated carbocycles. The topological polar surface area (TPSA) is 128 Å². The minimum atomic E-state index is -1.62. The summed E-state index contributed by atoms with van der Waals surface area (Å²) < 4.78 is 69.3. The van der Waals surface area contributed by atoms with Crippen molar-refractivity contribution >= 4 is 94.4 Å². The van der Waals surface area contributed by atoms with E-state index in [1.807, 2.05) is 13.8 Å². The van der Waals surface area contributed by atoms with Crippen molar-refractivity contribution in [2.24, 2.45) is 21.7 Å². The molecule has 14 nitrogen and oxygen atoms in total. The Morgan fingerprint density at radius 2 is 0.671 bits per heavy atom. The molecule has 0 amide bonds. The number of hydrogen-bond acceptors (Lipinski definition) is 11. The molecule has 70 heavy (non-hydrogen) atoms. The van der Waals surface area contributed by atoms with Crippen molar-refractivity contribution in [3.63, 3.8) is 0 Å². The molecular weight excluding hydrogens is 1190 g/mol. The average Bonchev–Trinajstić information content (AvgIpc) is 4.14. The van der Waals surface area contributed by atoms with Gasteiger partial charge in [0.15, 0.2) is 0 Å². The summed E-state index contributed by atoms with van der Waals surface area (Å²) in [6.45, 7) is 44.4. The standard InChI is InChI=1S/2C13H27NO4P2.4C4H8O.C2H6.6ClH.2Cr/c2*1-11(2)14(19-15-7-12(3,4)8-16-19)20-17-9-13(5,6)10-18-20;4*1-2-4-5-3-1;1-2;;;;;;;;/h2*11H,7-10H2,1-6H3;4*1-4H2;1-2H3;6*1H;;/q;;;;;;;;;;;;;2*+3/p-1. The quantitative estimate of drug-likeness (QED) is 0.186. The number of nitrogens with zero attached hydrogens (tertiary/aromatic N) is 2.